The topological polar surface area (TPSA) is 39.1 Å². The molecule has 1 aromatic carbocycles. The Morgan fingerprint density at radius 3 is 2.65 bits per heavy atom. The van der Waals surface area contributed by atoms with E-state index < -0.39 is 0 Å². The molecule has 0 spiro atoms. The maximum Gasteiger partial charge on any atom is 0.125 e. The van der Waals surface area contributed by atoms with E-state index >= 15 is 0 Å². The van der Waals surface area contributed by atoms with Gasteiger partial charge in [-0.25, -0.2) is 0 Å². The molecule has 2 rings (SSSR count). The number of aromatic nitrogens is 2. The number of hydrogen-bond acceptors (Lipinski definition) is 3. The molecule has 0 unspecified atom stereocenters. The summed E-state index contributed by atoms with van der Waals surface area (Å²) in [6.45, 7) is 14.3. The highest BCUT2D eigenvalue weighted by atomic mass is 16.5. The molecule has 0 radical (unpaired) electrons. The number of allylic oxidation sites excluding steroid dienone is 1. The van der Waals surface area contributed by atoms with Gasteiger partial charge in [-0.1, -0.05) is 24.3 Å². The first-order valence-electron chi connectivity index (χ1n) is 8.07. The fourth-order valence-electron chi connectivity index (χ4n) is 2.54. The lowest BCUT2D eigenvalue weighted by atomic mass is 10.1. The first-order chi connectivity index (χ1) is 11.0. The van der Waals surface area contributed by atoms with Gasteiger partial charge < -0.3 is 10.1 Å². The van der Waals surface area contributed by atoms with E-state index in [4.69, 9.17) is 4.74 Å². The number of nitrogens with one attached hydrogen (secondary N) is 1. The van der Waals surface area contributed by atoms with Gasteiger partial charge >= 0.3 is 0 Å². The van der Waals surface area contributed by atoms with E-state index in [1.165, 1.54) is 16.7 Å². The van der Waals surface area contributed by atoms with Gasteiger partial charge in [-0.05, 0) is 38.8 Å². The first kappa shape index (κ1) is 17.3. The molecule has 2 aromatic rings. The molecular formula is C19H27N3O. The van der Waals surface area contributed by atoms with Crippen molar-refractivity contribution in [3.8, 4) is 5.75 Å². The zero-order valence-corrected chi connectivity index (χ0v) is 14.6. The highest BCUT2D eigenvalue weighted by molar-refractivity contribution is 5.39. The number of aryl methyl sites for hydroxylation is 3. The number of ether oxygens (including phenoxy) is 1. The quantitative estimate of drug-likeness (QED) is 0.758. The zero-order chi connectivity index (χ0) is 16.8. The number of nitrogens with zero attached hydrogens (tertiary/aromatic N) is 2. The summed E-state index contributed by atoms with van der Waals surface area (Å²) in [7, 11) is 0. The maximum atomic E-state index is 6.00. The lowest BCUT2D eigenvalue weighted by Gasteiger charge is -2.17. The summed E-state index contributed by atoms with van der Waals surface area (Å²) in [5.74, 6) is 0.996. The molecule has 23 heavy (non-hydrogen) atoms. The Labute approximate surface area is 139 Å². The second-order valence-corrected chi connectivity index (χ2v) is 6.06. The highest BCUT2D eigenvalue weighted by Gasteiger charge is 2.09. The highest BCUT2D eigenvalue weighted by Crippen LogP contribution is 2.22. The van der Waals surface area contributed by atoms with Gasteiger partial charge in [-0.3, -0.25) is 4.68 Å². The predicted molar refractivity (Wildman–Crippen MR) is 94.9 cm³/mol. The van der Waals surface area contributed by atoms with E-state index in [9.17, 15) is 0 Å². The summed E-state index contributed by atoms with van der Waals surface area (Å²) < 4.78 is 7.91. The minimum Gasteiger partial charge on any atom is -0.491 e. The molecule has 0 aliphatic carbocycles. The van der Waals surface area contributed by atoms with Crippen LogP contribution in [0.25, 0.3) is 0 Å². The lowest BCUT2D eigenvalue weighted by molar-refractivity contribution is 0.269. The molecule has 124 valence electrons. The average Bonchev–Trinajstić information content (AvgIpc) is 2.85. The smallest absolute Gasteiger partial charge is 0.125 e. The van der Waals surface area contributed by atoms with Crippen LogP contribution in [0.4, 0.5) is 0 Å². The Bertz CT molecular complexity index is 640. The lowest BCUT2D eigenvalue weighted by Crippen LogP contribution is -2.31. The Balaban J connectivity index is 1.85. The van der Waals surface area contributed by atoms with Gasteiger partial charge in [0, 0.05) is 24.3 Å². The van der Waals surface area contributed by atoms with Crippen molar-refractivity contribution in [2.45, 2.75) is 46.8 Å². The molecule has 0 fully saturated rings. The third-order valence-electron chi connectivity index (χ3n) is 3.89. The number of rotatable bonds is 8. The summed E-state index contributed by atoms with van der Waals surface area (Å²) in [6.07, 6.45) is 3.92. The van der Waals surface area contributed by atoms with Crippen molar-refractivity contribution in [2.75, 3.05) is 6.61 Å². The zero-order valence-electron chi connectivity index (χ0n) is 14.6. The third-order valence-corrected chi connectivity index (χ3v) is 3.89. The summed E-state index contributed by atoms with van der Waals surface area (Å²) in [5, 5.41) is 7.97. The fourth-order valence-corrected chi connectivity index (χ4v) is 2.54. The molecule has 0 bridgehead atoms. The van der Waals surface area contributed by atoms with Crippen molar-refractivity contribution >= 4 is 0 Å². The van der Waals surface area contributed by atoms with E-state index in [-0.39, 0.29) is 6.04 Å². The molecule has 0 aliphatic heterocycles. The molecular weight excluding hydrogens is 286 g/mol. The van der Waals surface area contributed by atoms with Gasteiger partial charge in [-0.15, -0.1) is 6.58 Å². The Hall–Kier alpha value is -2.07. The maximum absolute atomic E-state index is 6.00. The van der Waals surface area contributed by atoms with Crippen molar-refractivity contribution in [2.24, 2.45) is 0 Å². The normalized spacial score (nSPS) is 12.2. The molecule has 1 aromatic heterocycles. The van der Waals surface area contributed by atoms with Crippen molar-refractivity contribution in [3.05, 3.63) is 59.4 Å². The van der Waals surface area contributed by atoms with E-state index in [2.05, 4.69) is 62.2 Å². The van der Waals surface area contributed by atoms with Crippen molar-refractivity contribution < 1.29 is 4.74 Å². The number of benzene rings is 1. The Kier molecular flexibility index (Phi) is 5.99. The summed E-state index contributed by atoms with van der Waals surface area (Å²) in [5.41, 5.74) is 4.63. The minimum atomic E-state index is 0.260. The van der Waals surface area contributed by atoms with Crippen LogP contribution in [0.2, 0.25) is 0 Å². The van der Waals surface area contributed by atoms with Gasteiger partial charge in [0.2, 0.25) is 0 Å². The largest absolute Gasteiger partial charge is 0.491 e. The second kappa shape index (κ2) is 7.97. The van der Waals surface area contributed by atoms with E-state index in [0.29, 0.717) is 6.61 Å². The summed E-state index contributed by atoms with van der Waals surface area (Å²) >= 11 is 0. The van der Waals surface area contributed by atoms with Crippen LogP contribution in [0.5, 0.6) is 5.75 Å². The van der Waals surface area contributed by atoms with Gasteiger partial charge in [0.15, 0.2) is 0 Å². The van der Waals surface area contributed by atoms with Gasteiger partial charge in [0.1, 0.15) is 12.4 Å². The summed E-state index contributed by atoms with van der Waals surface area (Å²) in [4.78, 5) is 0. The van der Waals surface area contributed by atoms with Crippen LogP contribution in [0.1, 0.15) is 29.3 Å². The molecule has 0 saturated carbocycles. The Morgan fingerprint density at radius 2 is 2.00 bits per heavy atom. The molecule has 0 amide bonds. The Morgan fingerprint density at radius 1 is 1.30 bits per heavy atom. The van der Waals surface area contributed by atoms with Crippen LogP contribution in [0, 0.1) is 20.8 Å². The van der Waals surface area contributed by atoms with E-state index in [1.54, 1.807) is 0 Å². The molecule has 1 heterocycles. The van der Waals surface area contributed by atoms with Crippen LogP contribution in [0.3, 0.4) is 0 Å². The molecule has 0 aliphatic rings. The number of hydrogen-bond donors (Lipinski definition) is 1. The van der Waals surface area contributed by atoms with Gasteiger partial charge in [0.05, 0.1) is 12.2 Å². The van der Waals surface area contributed by atoms with Crippen LogP contribution >= 0.6 is 0 Å². The predicted octanol–water partition coefficient (Wildman–Crippen LogP) is 3.55. The molecule has 1 N–H and O–H groups in total. The fraction of sp³-hybridized carbons (Fsp3) is 0.421. The van der Waals surface area contributed by atoms with E-state index in [1.807, 2.05) is 17.7 Å². The van der Waals surface area contributed by atoms with Crippen LogP contribution in [-0.2, 0) is 13.1 Å². The number of para-hydroxylation sites is 1. The SMILES string of the molecule is C=CCn1cc(CN[C@H](C)COc2c(C)cccc2C)c(C)n1. The van der Waals surface area contributed by atoms with E-state index in [0.717, 1.165) is 24.5 Å². The first-order valence-corrected chi connectivity index (χ1v) is 8.07. The molecule has 1 atom stereocenters. The van der Waals surface area contributed by atoms with Crippen LogP contribution < -0.4 is 10.1 Å². The second-order valence-electron chi connectivity index (χ2n) is 6.06. The summed E-state index contributed by atoms with van der Waals surface area (Å²) in [6, 6.07) is 6.48. The van der Waals surface area contributed by atoms with Crippen molar-refractivity contribution in [1.29, 1.82) is 0 Å². The third kappa shape index (κ3) is 4.70. The molecule has 4 heteroatoms. The van der Waals surface area contributed by atoms with Crippen molar-refractivity contribution in [3.63, 3.8) is 0 Å². The molecule has 0 saturated heterocycles. The van der Waals surface area contributed by atoms with Crippen LogP contribution in [-0.4, -0.2) is 22.4 Å². The monoisotopic (exact) mass is 313 g/mol. The van der Waals surface area contributed by atoms with Gasteiger partial charge in [-0.2, -0.15) is 5.10 Å². The van der Waals surface area contributed by atoms with Gasteiger partial charge in [0.25, 0.3) is 0 Å². The average molecular weight is 313 g/mol. The standard InChI is InChI=1S/C19H27N3O/c1-6-10-22-12-18(17(5)21-22)11-20-16(4)13-23-19-14(2)8-7-9-15(19)3/h6-9,12,16,20H,1,10-11,13H2,2-5H3/t16-/m1/s1. The minimum absolute atomic E-state index is 0.260. The van der Waals surface area contributed by atoms with Crippen molar-refractivity contribution in [1.82, 2.24) is 15.1 Å². The van der Waals surface area contributed by atoms with Crippen LogP contribution in [0.15, 0.2) is 37.1 Å². The molecule has 4 nitrogen and oxygen atoms in total.